The van der Waals surface area contributed by atoms with Crippen molar-refractivity contribution in [3.63, 3.8) is 0 Å². The zero-order chi connectivity index (χ0) is 24.9. The van der Waals surface area contributed by atoms with Gasteiger partial charge in [-0.2, -0.15) is 0 Å². The number of nitrogens with one attached hydrogen (secondary N) is 1. The van der Waals surface area contributed by atoms with Crippen LogP contribution >= 0.6 is 12.2 Å². The van der Waals surface area contributed by atoms with Gasteiger partial charge >= 0.3 is 0 Å². The Hall–Kier alpha value is -3.98. The summed E-state index contributed by atoms with van der Waals surface area (Å²) < 4.78 is 18.7. The molecule has 180 valence electrons. The number of carbonyl (C=O) groups is 2. The Bertz CT molecular complexity index is 1220. The number of thiocarbonyl (C=S) groups is 1. The Labute approximate surface area is 207 Å². The third kappa shape index (κ3) is 5.58. The highest BCUT2D eigenvalue weighted by atomic mass is 32.1. The average Bonchev–Trinajstić information content (AvgIpc) is 3.08. The highest BCUT2D eigenvalue weighted by Gasteiger charge is 2.43. The largest absolute Gasteiger partial charge is 0.508 e. The fraction of sp³-hybridized carbons (Fsp3) is 0.192. The molecule has 1 saturated heterocycles. The number of hydrogen-bond acceptors (Lipinski definition) is 5. The number of benzene rings is 3. The van der Waals surface area contributed by atoms with E-state index in [0.717, 1.165) is 11.3 Å². The number of halogens is 1. The van der Waals surface area contributed by atoms with Crippen molar-refractivity contribution in [2.45, 2.75) is 18.9 Å². The van der Waals surface area contributed by atoms with Crippen LogP contribution < -0.4 is 15.0 Å². The first-order chi connectivity index (χ1) is 16.9. The molecule has 3 aromatic rings. The molecule has 0 aliphatic carbocycles. The maximum absolute atomic E-state index is 13.5. The minimum atomic E-state index is -0.817. The standard InChI is InChI=1S/C26H24FN3O4S/c1-34-22-12-2-17(3-13-22)14-15-29-23(16-24(32)28-19-6-10-21(31)11-7-19)25(33)30(26(29)35)20-8-4-18(27)5-9-20/h2-13,23,31H,14-16H2,1H3,(H,28,32). The monoisotopic (exact) mass is 493 g/mol. The lowest BCUT2D eigenvalue weighted by molar-refractivity contribution is -0.124. The summed E-state index contributed by atoms with van der Waals surface area (Å²) in [5.41, 5.74) is 1.96. The average molecular weight is 494 g/mol. The van der Waals surface area contributed by atoms with Gasteiger partial charge < -0.3 is 20.1 Å². The quantitative estimate of drug-likeness (QED) is 0.363. The lowest BCUT2D eigenvalue weighted by Gasteiger charge is -2.24. The third-order valence-corrected chi connectivity index (χ3v) is 6.15. The second-order valence-electron chi connectivity index (χ2n) is 8.04. The van der Waals surface area contributed by atoms with Crippen LogP contribution in [0.1, 0.15) is 12.0 Å². The molecule has 2 N–H and O–H groups in total. The maximum Gasteiger partial charge on any atom is 0.256 e. The fourth-order valence-electron chi connectivity index (χ4n) is 3.89. The molecule has 0 saturated carbocycles. The zero-order valence-electron chi connectivity index (χ0n) is 19.0. The van der Waals surface area contributed by atoms with Crippen molar-refractivity contribution in [2.75, 3.05) is 23.9 Å². The molecule has 9 heteroatoms. The summed E-state index contributed by atoms with van der Waals surface area (Å²) in [6.45, 7) is 0.408. The van der Waals surface area contributed by atoms with Gasteiger partial charge in [0.25, 0.3) is 5.91 Å². The lowest BCUT2D eigenvalue weighted by atomic mass is 10.1. The highest BCUT2D eigenvalue weighted by Crippen LogP contribution is 2.28. The minimum Gasteiger partial charge on any atom is -0.508 e. The highest BCUT2D eigenvalue weighted by molar-refractivity contribution is 7.80. The Kier molecular flexibility index (Phi) is 7.26. The topological polar surface area (TPSA) is 82.1 Å². The number of phenols is 1. The molecule has 3 aromatic carbocycles. The molecule has 0 aromatic heterocycles. The Balaban J connectivity index is 1.54. The second kappa shape index (κ2) is 10.5. The Morgan fingerprint density at radius 1 is 1.06 bits per heavy atom. The van der Waals surface area contributed by atoms with Crippen LogP contribution in [0.3, 0.4) is 0 Å². The van der Waals surface area contributed by atoms with Crippen molar-refractivity contribution in [1.29, 1.82) is 0 Å². The summed E-state index contributed by atoms with van der Waals surface area (Å²) in [5, 5.41) is 12.4. The first-order valence-corrected chi connectivity index (χ1v) is 11.4. The minimum absolute atomic E-state index is 0.0824. The molecule has 1 atom stereocenters. The number of amides is 2. The molecular formula is C26H24FN3O4S. The van der Waals surface area contributed by atoms with E-state index in [1.54, 1.807) is 24.1 Å². The molecule has 1 fully saturated rings. The predicted octanol–water partition coefficient (Wildman–Crippen LogP) is 4.11. The molecule has 0 spiro atoms. The van der Waals surface area contributed by atoms with Gasteiger partial charge in [-0.1, -0.05) is 12.1 Å². The van der Waals surface area contributed by atoms with Crippen LogP contribution in [-0.2, 0) is 16.0 Å². The molecule has 7 nitrogen and oxygen atoms in total. The summed E-state index contributed by atoms with van der Waals surface area (Å²) in [5.74, 6) is -0.317. The fourth-order valence-corrected chi connectivity index (χ4v) is 4.30. The SMILES string of the molecule is COc1ccc(CCN2C(=S)N(c3ccc(F)cc3)C(=O)C2CC(=O)Nc2ccc(O)cc2)cc1. The second-order valence-corrected chi connectivity index (χ2v) is 8.40. The van der Waals surface area contributed by atoms with Gasteiger partial charge in [0.2, 0.25) is 5.91 Å². The molecule has 1 heterocycles. The summed E-state index contributed by atoms with van der Waals surface area (Å²) >= 11 is 5.64. The summed E-state index contributed by atoms with van der Waals surface area (Å²) in [6.07, 6.45) is 0.463. The summed E-state index contributed by atoms with van der Waals surface area (Å²) in [4.78, 5) is 29.3. The first-order valence-electron chi connectivity index (χ1n) is 11.0. The molecule has 2 amide bonds. The molecule has 0 bridgehead atoms. The van der Waals surface area contributed by atoms with Gasteiger partial charge in [-0.15, -0.1) is 0 Å². The molecule has 1 aliphatic heterocycles. The van der Waals surface area contributed by atoms with Crippen molar-refractivity contribution in [3.8, 4) is 11.5 Å². The number of aromatic hydroxyl groups is 1. The van der Waals surface area contributed by atoms with E-state index in [-0.39, 0.29) is 29.1 Å². The van der Waals surface area contributed by atoms with E-state index in [1.165, 1.54) is 41.3 Å². The molecule has 4 rings (SSSR count). The van der Waals surface area contributed by atoms with E-state index in [2.05, 4.69) is 5.32 Å². The number of rotatable bonds is 8. The Morgan fingerprint density at radius 3 is 2.34 bits per heavy atom. The van der Waals surface area contributed by atoms with E-state index in [0.29, 0.717) is 24.3 Å². The van der Waals surface area contributed by atoms with Gasteiger partial charge in [-0.25, -0.2) is 4.39 Å². The number of ether oxygens (including phenoxy) is 1. The van der Waals surface area contributed by atoms with E-state index in [4.69, 9.17) is 17.0 Å². The van der Waals surface area contributed by atoms with Crippen molar-refractivity contribution < 1.29 is 23.8 Å². The summed E-state index contributed by atoms with van der Waals surface area (Å²) in [6, 6.07) is 18.3. The molecule has 35 heavy (non-hydrogen) atoms. The van der Waals surface area contributed by atoms with Gasteiger partial charge in [-0.05, 0) is 84.9 Å². The summed E-state index contributed by atoms with van der Waals surface area (Å²) in [7, 11) is 1.60. The molecule has 1 unspecified atom stereocenters. The van der Waals surface area contributed by atoms with Crippen molar-refractivity contribution in [1.82, 2.24) is 4.90 Å². The molecule has 1 aliphatic rings. The van der Waals surface area contributed by atoms with Crippen LogP contribution in [0.2, 0.25) is 0 Å². The van der Waals surface area contributed by atoms with E-state index >= 15 is 0 Å². The number of carbonyl (C=O) groups excluding carboxylic acids is 2. The van der Waals surface area contributed by atoms with E-state index in [1.807, 2.05) is 24.3 Å². The van der Waals surface area contributed by atoms with Gasteiger partial charge in [0.05, 0.1) is 19.2 Å². The van der Waals surface area contributed by atoms with Gasteiger partial charge in [0.1, 0.15) is 23.4 Å². The number of methoxy groups -OCH3 is 1. The number of hydrogen-bond donors (Lipinski definition) is 2. The number of phenolic OH excluding ortho intramolecular Hbond substituents is 1. The smallest absolute Gasteiger partial charge is 0.256 e. The van der Waals surface area contributed by atoms with Crippen LogP contribution in [0.25, 0.3) is 0 Å². The van der Waals surface area contributed by atoms with Crippen molar-refractivity contribution in [3.05, 3.63) is 84.2 Å². The molecule has 0 radical (unpaired) electrons. The zero-order valence-corrected chi connectivity index (χ0v) is 19.8. The van der Waals surface area contributed by atoms with Gasteiger partial charge in [0.15, 0.2) is 5.11 Å². The van der Waals surface area contributed by atoms with Crippen LogP contribution in [-0.4, -0.2) is 46.6 Å². The molecular weight excluding hydrogens is 469 g/mol. The number of anilines is 2. The van der Waals surface area contributed by atoms with Crippen LogP contribution in [0.15, 0.2) is 72.8 Å². The number of nitrogens with zero attached hydrogens (tertiary/aromatic N) is 2. The lowest BCUT2D eigenvalue weighted by Crippen LogP contribution is -2.39. The van der Waals surface area contributed by atoms with Crippen molar-refractivity contribution >= 4 is 40.5 Å². The van der Waals surface area contributed by atoms with E-state index < -0.39 is 11.9 Å². The first kappa shape index (κ1) is 24.2. The maximum atomic E-state index is 13.5. The Morgan fingerprint density at radius 2 is 1.71 bits per heavy atom. The third-order valence-electron chi connectivity index (χ3n) is 5.73. The van der Waals surface area contributed by atoms with Crippen LogP contribution in [0.4, 0.5) is 15.8 Å². The van der Waals surface area contributed by atoms with Gasteiger partial charge in [-0.3, -0.25) is 14.5 Å². The van der Waals surface area contributed by atoms with Gasteiger partial charge in [0, 0.05) is 12.2 Å². The van der Waals surface area contributed by atoms with Crippen molar-refractivity contribution in [2.24, 2.45) is 0 Å². The van der Waals surface area contributed by atoms with Crippen LogP contribution in [0.5, 0.6) is 11.5 Å². The predicted molar refractivity (Wildman–Crippen MR) is 135 cm³/mol. The van der Waals surface area contributed by atoms with Crippen LogP contribution in [0, 0.1) is 5.82 Å². The van der Waals surface area contributed by atoms with E-state index in [9.17, 15) is 19.1 Å². The normalized spacial score (nSPS) is 15.4.